The lowest BCUT2D eigenvalue weighted by Crippen LogP contribution is -2.15. The number of rotatable bonds is 4. The summed E-state index contributed by atoms with van der Waals surface area (Å²) in [4.78, 5) is 22.4. The van der Waals surface area contributed by atoms with Crippen molar-refractivity contribution < 1.29 is 4.79 Å². The van der Waals surface area contributed by atoms with Gasteiger partial charge in [0.25, 0.3) is 0 Å². The fourth-order valence-corrected chi connectivity index (χ4v) is 4.52. The lowest BCUT2D eigenvalue weighted by Gasteiger charge is -2.20. The van der Waals surface area contributed by atoms with E-state index in [1.54, 1.807) is 30.2 Å². The molecule has 0 aliphatic heterocycles. The number of pyridine rings is 2. The van der Waals surface area contributed by atoms with Gasteiger partial charge in [-0.3, -0.25) is 14.8 Å². The maximum absolute atomic E-state index is 12.4. The number of nitrogens with zero attached hydrogens (tertiary/aromatic N) is 2. The van der Waals surface area contributed by atoms with Crippen molar-refractivity contribution in [1.82, 2.24) is 9.97 Å². The predicted octanol–water partition coefficient (Wildman–Crippen LogP) is 4.89. The molecule has 0 atom stereocenters. The van der Waals surface area contributed by atoms with Crippen LogP contribution in [-0.2, 0) is 17.6 Å². The summed E-state index contributed by atoms with van der Waals surface area (Å²) in [5.74, 6) is 0.298. The number of hydrogen-bond donors (Lipinski definition) is 1. The number of amides is 1. The lowest BCUT2D eigenvalue weighted by molar-refractivity contribution is -0.113. The van der Waals surface area contributed by atoms with Gasteiger partial charge in [-0.05, 0) is 61.6 Å². The molecule has 4 rings (SSSR count). The molecule has 0 spiro atoms. The average molecular weight is 384 g/mol. The summed E-state index contributed by atoms with van der Waals surface area (Å²) >= 11 is 7.79. The number of nitrogens with one attached hydrogen (secondary N) is 1. The molecule has 0 fully saturated rings. The van der Waals surface area contributed by atoms with E-state index in [2.05, 4.69) is 10.3 Å². The molecule has 6 heteroatoms. The summed E-state index contributed by atoms with van der Waals surface area (Å²) in [6.07, 6.45) is 7.68. The number of carbonyl (C=O) groups is 1. The third kappa shape index (κ3) is 3.69. The van der Waals surface area contributed by atoms with Crippen molar-refractivity contribution in [2.45, 2.75) is 30.6 Å². The molecule has 0 saturated heterocycles. The molecular formula is C20H18ClN3OS. The molecule has 1 N–H and O–H groups in total. The summed E-state index contributed by atoms with van der Waals surface area (Å²) in [6, 6.07) is 9.43. The molecule has 132 valence electrons. The Kier molecular flexibility index (Phi) is 5.09. The Hall–Kier alpha value is -2.11. The van der Waals surface area contributed by atoms with Crippen LogP contribution in [0, 0.1) is 0 Å². The number of anilines is 1. The van der Waals surface area contributed by atoms with Gasteiger partial charge in [-0.15, -0.1) is 11.8 Å². The van der Waals surface area contributed by atoms with Gasteiger partial charge in [0.15, 0.2) is 0 Å². The van der Waals surface area contributed by atoms with E-state index < -0.39 is 0 Å². The Balaban J connectivity index is 1.62. The first-order chi connectivity index (χ1) is 12.7. The highest BCUT2D eigenvalue weighted by molar-refractivity contribution is 8.00. The number of carbonyl (C=O) groups excluding carboxylic acids is 1. The van der Waals surface area contributed by atoms with E-state index >= 15 is 0 Å². The van der Waals surface area contributed by atoms with Crippen molar-refractivity contribution in [3.63, 3.8) is 0 Å². The molecule has 0 unspecified atom stereocenters. The molecule has 0 bridgehead atoms. The number of aromatic nitrogens is 2. The van der Waals surface area contributed by atoms with Gasteiger partial charge >= 0.3 is 0 Å². The van der Waals surface area contributed by atoms with Gasteiger partial charge < -0.3 is 5.32 Å². The highest BCUT2D eigenvalue weighted by Gasteiger charge is 2.19. The SMILES string of the molecule is O=C(CSc1c2c(nc3ccc(Cl)cc13)CCCC2)Nc1cccnc1. The maximum Gasteiger partial charge on any atom is 0.234 e. The molecule has 3 aromatic rings. The first-order valence-corrected chi connectivity index (χ1v) is 10.0. The van der Waals surface area contributed by atoms with E-state index in [1.807, 2.05) is 24.3 Å². The van der Waals surface area contributed by atoms with Crippen LogP contribution < -0.4 is 5.32 Å². The Labute approximate surface area is 161 Å². The largest absolute Gasteiger partial charge is 0.324 e. The van der Waals surface area contributed by atoms with Crippen molar-refractivity contribution >= 4 is 45.9 Å². The summed E-state index contributed by atoms with van der Waals surface area (Å²) in [5.41, 5.74) is 4.11. The Morgan fingerprint density at radius 1 is 1.23 bits per heavy atom. The Morgan fingerprint density at radius 3 is 2.96 bits per heavy atom. The number of fused-ring (bicyclic) bond motifs is 2. The Morgan fingerprint density at radius 2 is 2.12 bits per heavy atom. The fraction of sp³-hybridized carbons (Fsp3) is 0.250. The normalized spacial score (nSPS) is 13.4. The molecule has 1 amide bonds. The summed E-state index contributed by atoms with van der Waals surface area (Å²) < 4.78 is 0. The quantitative estimate of drug-likeness (QED) is 0.651. The molecule has 1 aliphatic rings. The third-order valence-corrected chi connectivity index (χ3v) is 5.86. The van der Waals surface area contributed by atoms with E-state index in [0.717, 1.165) is 35.1 Å². The molecular weight excluding hydrogens is 366 g/mol. The molecule has 1 aliphatic carbocycles. The topological polar surface area (TPSA) is 54.9 Å². The van der Waals surface area contributed by atoms with Gasteiger partial charge in [0.1, 0.15) is 0 Å². The number of aryl methyl sites for hydroxylation is 1. The van der Waals surface area contributed by atoms with Crippen molar-refractivity contribution in [1.29, 1.82) is 0 Å². The highest BCUT2D eigenvalue weighted by atomic mass is 35.5. The van der Waals surface area contributed by atoms with Crippen LogP contribution in [0.2, 0.25) is 5.02 Å². The minimum Gasteiger partial charge on any atom is -0.324 e. The first kappa shape index (κ1) is 17.3. The van der Waals surface area contributed by atoms with Crippen molar-refractivity contribution in [3.8, 4) is 0 Å². The zero-order valence-corrected chi connectivity index (χ0v) is 15.7. The minimum absolute atomic E-state index is 0.0421. The zero-order valence-electron chi connectivity index (χ0n) is 14.2. The van der Waals surface area contributed by atoms with E-state index in [9.17, 15) is 4.79 Å². The number of benzene rings is 1. The third-order valence-electron chi connectivity index (χ3n) is 4.46. The van der Waals surface area contributed by atoms with Crippen LogP contribution in [-0.4, -0.2) is 21.6 Å². The van der Waals surface area contributed by atoms with Crippen LogP contribution in [0.4, 0.5) is 5.69 Å². The van der Waals surface area contributed by atoms with Crippen LogP contribution in [0.5, 0.6) is 0 Å². The van der Waals surface area contributed by atoms with Crippen molar-refractivity contribution in [3.05, 3.63) is 59.0 Å². The van der Waals surface area contributed by atoms with Crippen molar-refractivity contribution in [2.24, 2.45) is 0 Å². The predicted molar refractivity (Wildman–Crippen MR) is 107 cm³/mol. The van der Waals surface area contributed by atoms with Crippen LogP contribution in [0.3, 0.4) is 0 Å². The second-order valence-electron chi connectivity index (χ2n) is 6.31. The zero-order chi connectivity index (χ0) is 17.9. The second kappa shape index (κ2) is 7.64. The molecule has 2 heterocycles. The number of hydrogen-bond acceptors (Lipinski definition) is 4. The number of halogens is 1. The summed E-state index contributed by atoms with van der Waals surface area (Å²) in [6.45, 7) is 0. The van der Waals surface area contributed by atoms with Gasteiger partial charge in [-0.2, -0.15) is 0 Å². The fourth-order valence-electron chi connectivity index (χ4n) is 3.29. The minimum atomic E-state index is -0.0421. The van der Waals surface area contributed by atoms with E-state index in [4.69, 9.17) is 16.6 Å². The van der Waals surface area contributed by atoms with Crippen LogP contribution >= 0.6 is 23.4 Å². The van der Waals surface area contributed by atoms with Crippen LogP contribution in [0.15, 0.2) is 47.6 Å². The molecule has 0 saturated carbocycles. The summed E-state index contributed by atoms with van der Waals surface area (Å²) in [5, 5.41) is 4.62. The second-order valence-corrected chi connectivity index (χ2v) is 7.74. The lowest BCUT2D eigenvalue weighted by atomic mass is 9.94. The Bertz CT molecular complexity index is 962. The van der Waals surface area contributed by atoms with E-state index in [0.29, 0.717) is 16.5 Å². The van der Waals surface area contributed by atoms with Gasteiger partial charge in [0, 0.05) is 27.2 Å². The monoisotopic (exact) mass is 383 g/mol. The average Bonchev–Trinajstić information content (AvgIpc) is 2.66. The standard InChI is InChI=1S/C20H18ClN3OS/c21-13-7-8-18-16(10-13)20(15-5-1-2-6-17(15)24-18)26-12-19(25)23-14-4-3-9-22-11-14/h3-4,7-11H,1-2,5-6,12H2,(H,23,25). The van der Waals surface area contributed by atoms with Gasteiger partial charge in [0.2, 0.25) is 5.91 Å². The summed E-state index contributed by atoms with van der Waals surface area (Å²) in [7, 11) is 0. The maximum atomic E-state index is 12.4. The van der Waals surface area contributed by atoms with E-state index in [-0.39, 0.29) is 5.91 Å². The highest BCUT2D eigenvalue weighted by Crippen LogP contribution is 2.37. The van der Waals surface area contributed by atoms with Crippen LogP contribution in [0.25, 0.3) is 10.9 Å². The smallest absolute Gasteiger partial charge is 0.234 e. The molecule has 4 nitrogen and oxygen atoms in total. The van der Waals surface area contributed by atoms with Gasteiger partial charge in [-0.1, -0.05) is 11.6 Å². The molecule has 26 heavy (non-hydrogen) atoms. The van der Waals surface area contributed by atoms with E-state index in [1.165, 1.54) is 17.7 Å². The first-order valence-electron chi connectivity index (χ1n) is 8.64. The number of thioether (sulfide) groups is 1. The molecule has 2 aromatic heterocycles. The van der Waals surface area contributed by atoms with Crippen LogP contribution in [0.1, 0.15) is 24.1 Å². The van der Waals surface area contributed by atoms with Crippen molar-refractivity contribution in [2.75, 3.05) is 11.1 Å². The van der Waals surface area contributed by atoms with Gasteiger partial charge in [-0.25, -0.2) is 0 Å². The molecule has 1 aromatic carbocycles. The molecule has 0 radical (unpaired) electrons. The van der Waals surface area contributed by atoms with Gasteiger partial charge in [0.05, 0.1) is 23.2 Å².